The minimum atomic E-state index is -1.60. The predicted molar refractivity (Wildman–Crippen MR) is 191 cm³/mol. The summed E-state index contributed by atoms with van der Waals surface area (Å²) in [5.74, 6) is -1.17. The molecule has 2 heterocycles. The molecule has 5 aliphatic carbocycles. The number of fused-ring (bicyclic) bond motifs is 6. The molecule has 0 amide bonds. The molecule has 0 spiro atoms. The summed E-state index contributed by atoms with van der Waals surface area (Å²) in [4.78, 5) is 14.9. The molecule has 15 atom stereocenters. The third-order valence-corrected chi connectivity index (χ3v) is 15.4. The first-order valence-corrected chi connectivity index (χ1v) is 19.7. The number of hydrogen-bond donors (Lipinski definition) is 9. The molecule has 11 nitrogen and oxygen atoms in total. The van der Waals surface area contributed by atoms with E-state index in [1.165, 1.54) is 0 Å². The number of ether oxygens (including phenoxy) is 1. The summed E-state index contributed by atoms with van der Waals surface area (Å²) in [7, 11) is 0. The zero-order valence-corrected chi connectivity index (χ0v) is 31.0. The number of nitrogens with two attached hydrogens (primary N) is 1. The average Bonchev–Trinajstić information content (AvgIpc) is 3.52. The Balaban J connectivity index is 1.32. The second-order valence-corrected chi connectivity index (χ2v) is 18.2. The number of rotatable bonds is 8. The molecule has 51 heavy (non-hydrogen) atoms. The Hall–Kier alpha value is -1.83. The monoisotopic (exact) mass is 713 g/mol. The van der Waals surface area contributed by atoms with Gasteiger partial charge in [0.15, 0.2) is 5.78 Å². The standard InChI is InChI=1S/C40H63N3O8/c1-22-21-51-35-25(22)7-5-6-13-40(35,50)37(4,48)30-12-16-39(49)32-26(11-14-36(30,39)3)38(15-10-24-8-9-31(41)42-20-24)18-29(46)28(45)17-27(38)34(47)33(32)43-19-23(2)44/h8-9,20,22-23,25-31,35,42-46,48-50H,5-7,10-19,21,41H2,1-4H3/t22-,23+,25+,26+,27+,28-,29+,30+,31?,35-,36-,37-,38-,39-,40-/m1/s1. The van der Waals surface area contributed by atoms with E-state index in [1.807, 2.05) is 25.3 Å². The van der Waals surface area contributed by atoms with Crippen LogP contribution in [0.15, 0.2) is 35.2 Å². The number of Topliss-reactive ketones (excluding diaryl/α,β-unsaturated/α-hetero) is 1. The van der Waals surface area contributed by atoms with Gasteiger partial charge >= 0.3 is 0 Å². The van der Waals surface area contributed by atoms with Crippen molar-refractivity contribution < 1.29 is 40.2 Å². The molecule has 1 saturated heterocycles. The predicted octanol–water partition coefficient (Wildman–Crippen LogP) is 2.28. The zero-order chi connectivity index (χ0) is 36.7. The summed E-state index contributed by atoms with van der Waals surface area (Å²) >= 11 is 0. The topological polar surface area (TPSA) is 198 Å². The Bertz CT molecular complexity index is 1460. The first-order chi connectivity index (χ1) is 24.0. The van der Waals surface area contributed by atoms with E-state index in [0.29, 0.717) is 62.8 Å². The normalized spacial score (nSPS) is 48.3. The Morgan fingerprint density at radius 1 is 1.12 bits per heavy atom. The van der Waals surface area contributed by atoms with E-state index in [9.17, 15) is 35.4 Å². The highest BCUT2D eigenvalue weighted by Crippen LogP contribution is 2.71. The highest BCUT2D eigenvalue weighted by Gasteiger charge is 2.73. The van der Waals surface area contributed by atoms with Crippen molar-refractivity contribution in [1.82, 2.24) is 10.6 Å². The maximum atomic E-state index is 14.9. The molecule has 0 radical (unpaired) electrons. The molecule has 4 saturated carbocycles. The van der Waals surface area contributed by atoms with E-state index in [-0.39, 0.29) is 49.1 Å². The minimum Gasteiger partial charge on any atom is -0.392 e. The van der Waals surface area contributed by atoms with Gasteiger partial charge in [-0.1, -0.05) is 32.8 Å². The van der Waals surface area contributed by atoms with E-state index >= 15 is 0 Å². The Morgan fingerprint density at radius 2 is 1.88 bits per heavy atom. The van der Waals surface area contributed by atoms with Crippen molar-refractivity contribution in [2.45, 2.75) is 152 Å². The number of ketones is 1. The van der Waals surface area contributed by atoms with Crippen LogP contribution in [0, 0.1) is 40.4 Å². The Labute approximate surface area is 302 Å². The molecule has 0 aromatic heterocycles. The van der Waals surface area contributed by atoms with E-state index in [2.05, 4.69) is 17.6 Å². The van der Waals surface area contributed by atoms with Crippen LogP contribution in [0.5, 0.6) is 0 Å². The largest absolute Gasteiger partial charge is 0.392 e. The van der Waals surface area contributed by atoms with Gasteiger partial charge in [-0.15, -0.1) is 0 Å². The van der Waals surface area contributed by atoms with Crippen molar-refractivity contribution in [3.05, 3.63) is 35.2 Å². The van der Waals surface area contributed by atoms with E-state index in [1.54, 1.807) is 13.8 Å². The van der Waals surface area contributed by atoms with Crippen molar-refractivity contribution in [3.63, 3.8) is 0 Å². The first kappa shape index (κ1) is 37.5. The van der Waals surface area contributed by atoms with Crippen molar-refractivity contribution in [1.29, 1.82) is 0 Å². The summed E-state index contributed by atoms with van der Waals surface area (Å²) in [6.45, 7) is 8.25. The lowest BCUT2D eigenvalue weighted by molar-refractivity contribution is -0.248. The average molecular weight is 714 g/mol. The minimum absolute atomic E-state index is 0.109. The molecule has 0 bridgehead atoms. The Kier molecular flexibility index (Phi) is 9.69. The van der Waals surface area contributed by atoms with Crippen LogP contribution in [0.2, 0.25) is 0 Å². The molecular formula is C40H63N3O8. The SMILES string of the molecule is C[C@H](O)CNC1=C2[C@H](CC[C@]3(C)[C@@H]([C@@](C)(O)[C@@]4(O)CCCC[C@H]5[C@H](C)CO[C@H]54)CC[C@@]23O)[C@@]2(CCC3=CNC(N)C=C3)C[C@H](O)[C@H](O)C[C@H]2C1=O. The van der Waals surface area contributed by atoms with Crippen molar-refractivity contribution in [2.24, 2.45) is 46.2 Å². The van der Waals surface area contributed by atoms with Crippen LogP contribution < -0.4 is 16.4 Å². The van der Waals surface area contributed by atoms with Crippen molar-refractivity contribution >= 4 is 5.78 Å². The molecule has 7 rings (SSSR count). The van der Waals surface area contributed by atoms with E-state index in [0.717, 1.165) is 24.8 Å². The quantitative estimate of drug-likeness (QED) is 0.179. The van der Waals surface area contributed by atoms with Gasteiger partial charge in [0.2, 0.25) is 0 Å². The molecule has 7 aliphatic rings. The highest BCUT2D eigenvalue weighted by atomic mass is 16.5. The maximum Gasteiger partial charge on any atom is 0.182 e. The first-order valence-electron chi connectivity index (χ1n) is 19.7. The summed E-state index contributed by atoms with van der Waals surface area (Å²) in [6.07, 6.45) is 8.70. The zero-order valence-electron chi connectivity index (χ0n) is 31.0. The summed E-state index contributed by atoms with van der Waals surface area (Å²) in [5.41, 5.74) is 1.70. The number of aliphatic hydroxyl groups is 6. The van der Waals surface area contributed by atoms with Gasteiger partial charge in [0.05, 0.1) is 54.1 Å². The fourth-order valence-electron chi connectivity index (χ4n) is 12.6. The number of carbonyl (C=O) groups excluding carboxylic acids is 1. The third kappa shape index (κ3) is 5.62. The number of allylic oxidation sites excluding steroid dienone is 3. The van der Waals surface area contributed by atoms with Crippen LogP contribution >= 0.6 is 0 Å². The van der Waals surface area contributed by atoms with Gasteiger partial charge in [-0.2, -0.15) is 0 Å². The van der Waals surface area contributed by atoms with Crippen LogP contribution in [-0.2, 0) is 9.53 Å². The summed E-state index contributed by atoms with van der Waals surface area (Å²) in [5, 5.41) is 78.0. The maximum absolute atomic E-state index is 14.9. The number of hydrogen-bond acceptors (Lipinski definition) is 11. The van der Waals surface area contributed by atoms with Crippen LogP contribution in [0.3, 0.4) is 0 Å². The molecular weight excluding hydrogens is 650 g/mol. The molecule has 2 aliphatic heterocycles. The number of aliphatic hydroxyl groups excluding tert-OH is 3. The van der Waals surface area contributed by atoms with Gasteiger partial charge in [0.1, 0.15) is 5.60 Å². The van der Waals surface area contributed by atoms with Gasteiger partial charge in [-0.3, -0.25) is 4.79 Å². The Morgan fingerprint density at radius 3 is 2.59 bits per heavy atom. The van der Waals surface area contributed by atoms with Crippen LogP contribution in [-0.4, -0.2) is 97.0 Å². The molecule has 0 aromatic rings. The molecule has 10 N–H and O–H groups in total. The molecule has 5 fully saturated rings. The van der Waals surface area contributed by atoms with Crippen LogP contribution in [0.4, 0.5) is 0 Å². The number of dihydropyridines is 1. The van der Waals surface area contributed by atoms with Crippen LogP contribution in [0.25, 0.3) is 0 Å². The number of carbonyl (C=O) groups is 1. The fraction of sp³-hybridized carbons (Fsp3) is 0.825. The lowest BCUT2D eigenvalue weighted by Gasteiger charge is -2.63. The van der Waals surface area contributed by atoms with Gasteiger partial charge in [-0.25, -0.2) is 0 Å². The van der Waals surface area contributed by atoms with Gasteiger partial charge in [-0.05, 0) is 124 Å². The second kappa shape index (κ2) is 13.2. The van der Waals surface area contributed by atoms with E-state index in [4.69, 9.17) is 10.5 Å². The molecule has 11 heteroatoms. The van der Waals surface area contributed by atoms with E-state index < -0.39 is 63.9 Å². The second-order valence-electron chi connectivity index (χ2n) is 18.2. The highest BCUT2D eigenvalue weighted by molar-refractivity contribution is 6.00. The van der Waals surface area contributed by atoms with Gasteiger partial charge in [0.25, 0.3) is 0 Å². The molecule has 1 unspecified atom stereocenters. The molecule has 0 aromatic carbocycles. The molecule has 286 valence electrons. The third-order valence-electron chi connectivity index (χ3n) is 15.4. The summed E-state index contributed by atoms with van der Waals surface area (Å²) < 4.78 is 6.33. The summed E-state index contributed by atoms with van der Waals surface area (Å²) in [6, 6.07) is 0. The van der Waals surface area contributed by atoms with Crippen LogP contribution in [0.1, 0.15) is 105 Å². The van der Waals surface area contributed by atoms with Crippen molar-refractivity contribution in [2.75, 3.05) is 13.2 Å². The fourth-order valence-corrected chi connectivity index (χ4v) is 12.6. The lowest BCUT2D eigenvalue weighted by Crippen LogP contribution is -2.69. The van der Waals surface area contributed by atoms with Gasteiger partial charge in [0, 0.05) is 24.1 Å². The number of nitrogens with one attached hydrogen (secondary N) is 2. The lowest BCUT2D eigenvalue weighted by atomic mass is 9.43. The smallest absolute Gasteiger partial charge is 0.182 e. The van der Waals surface area contributed by atoms with Gasteiger partial charge < -0.3 is 51.7 Å². The van der Waals surface area contributed by atoms with Crippen molar-refractivity contribution in [3.8, 4) is 0 Å².